The quantitative estimate of drug-likeness (QED) is 0.0117. The molecule has 0 aromatic carbocycles. The van der Waals surface area contributed by atoms with Crippen LogP contribution in [-0.4, -0.2) is 110 Å². The fourth-order valence-electron chi connectivity index (χ4n) is 1.57. The van der Waals surface area contributed by atoms with E-state index in [2.05, 4.69) is 27.9 Å². The molecule has 0 aliphatic carbocycles. The van der Waals surface area contributed by atoms with Crippen molar-refractivity contribution < 1.29 is 24.2 Å². The van der Waals surface area contributed by atoms with Crippen LogP contribution >= 0.6 is 130 Å². The normalized spacial score (nSPS) is 12.5. The van der Waals surface area contributed by atoms with Gasteiger partial charge in [0.25, 0.3) is 5.24 Å². The Morgan fingerprint density at radius 3 is 2.26 bits per heavy atom. The van der Waals surface area contributed by atoms with E-state index in [0.717, 1.165) is 41.3 Å². The van der Waals surface area contributed by atoms with E-state index in [-0.39, 0.29) is 11.8 Å². The number of thioether (sulfide) groups is 10. The first-order chi connectivity index (χ1) is 18.7. The van der Waals surface area contributed by atoms with Crippen molar-refractivity contribution in [1.82, 2.24) is 5.32 Å². The van der Waals surface area contributed by atoms with Gasteiger partial charge >= 0.3 is 0 Å². The van der Waals surface area contributed by atoms with E-state index in [4.69, 9.17) is 14.9 Å². The number of hydrogen-bond acceptors (Lipinski definition) is 18. The molecule has 8 nitrogen and oxygen atoms in total. The van der Waals surface area contributed by atoms with E-state index in [9.17, 15) is 9.35 Å². The van der Waals surface area contributed by atoms with Crippen molar-refractivity contribution in [3.8, 4) is 0 Å². The second-order valence-corrected chi connectivity index (χ2v) is 20.3. The summed E-state index contributed by atoms with van der Waals surface area (Å²) >= 11 is 20.1. The van der Waals surface area contributed by atoms with Gasteiger partial charge in [0.05, 0.1) is 24.2 Å². The SMILES string of the molecule is O=C(NCSCSCSCSC/N=C/OOCCSCCO)SCSCSCSCSC[S+]([O-])/C=N/CS. The number of rotatable bonds is 29. The molecule has 0 aliphatic rings. The van der Waals surface area contributed by atoms with Crippen molar-refractivity contribution in [3.05, 3.63) is 0 Å². The number of carbonyl (C=O) groups is 1. The maximum absolute atomic E-state index is 11.9. The highest BCUT2D eigenvalue weighted by atomic mass is 32.3. The standard InChI is InChI=1S/C18H35N3O5S12/c22-1-3-28-4-2-25-26-5-19-7-29-10-31-12-32-11-30-8-21-18(23)37-16-35-14-33-13-34-15-36-17-38(24)9-20-6-27/h5,9,22,27H,1-4,6-8,10-17H2,(H,21,23)/b19-5+,20-9+. The van der Waals surface area contributed by atoms with Crippen LogP contribution in [0.5, 0.6) is 0 Å². The highest BCUT2D eigenvalue weighted by molar-refractivity contribution is 8.30. The van der Waals surface area contributed by atoms with E-state index in [0.29, 0.717) is 35.1 Å². The maximum Gasteiger partial charge on any atom is 0.280 e. The van der Waals surface area contributed by atoms with Crippen molar-refractivity contribution >= 4 is 159 Å². The number of carbonyl (C=O) groups excluding carboxylic acids is 1. The van der Waals surface area contributed by atoms with Gasteiger partial charge in [-0.25, -0.2) is 9.98 Å². The first-order valence-corrected chi connectivity index (χ1v) is 24.1. The largest absolute Gasteiger partial charge is 0.610 e. The molecule has 2 N–H and O–H groups in total. The van der Waals surface area contributed by atoms with Crippen molar-refractivity contribution in [2.24, 2.45) is 9.98 Å². The molecule has 38 heavy (non-hydrogen) atoms. The van der Waals surface area contributed by atoms with Gasteiger partial charge in [-0.3, -0.25) is 4.79 Å². The molecule has 0 saturated heterocycles. The van der Waals surface area contributed by atoms with Gasteiger partial charge in [0.1, 0.15) is 6.61 Å². The Bertz CT molecular complexity index is 575. The highest BCUT2D eigenvalue weighted by Crippen LogP contribution is 2.24. The number of hydrogen-bond donors (Lipinski definition) is 3. The monoisotopic (exact) mass is 757 g/mol. The summed E-state index contributed by atoms with van der Waals surface area (Å²) in [5, 5.41) is 18.7. The molecular weight excluding hydrogens is 723 g/mol. The summed E-state index contributed by atoms with van der Waals surface area (Å²) in [6.45, 7) is 0.651. The molecule has 0 rings (SSSR count). The Labute approximate surface area is 278 Å². The minimum Gasteiger partial charge on any atom is -0.610 e. The molecule has 0 aliphatic heterocycles. The first-order valence-electron chi connectivity index (χ1n) is 10.7. The molecule has 0 aromatic rings. The van der Waals surface area contributed by atoms with Crippen molar-refractivity contribution in [1.29, 1.82) is 0 Å². The molecule has 1 amide bonds. The lowest BCUT2D eigenvalue weighted by Crippen LogP contribution is -2.17. The maximum atomic E-state index is 11.9. The van der Waals surface area contributed by atoms with E-state index >= 15 is 0 Å². The smallest absolute Gasteiger partial charge is 0.280 e. The summed E-state index contributed by atoms with van der Waals surface area (Å²) in [6.07, 6.45) is 1.32. The Balaban J connectivity index is 3.24. The highest BCUT2D eigenvalue weighted by Gasteiger charge is 2.03. The van der Waals surface area contributed by atoms with Gasteiger partial charge < -0.3 is 19.9 Å². The number of amides is 1. The average Bonchev–Trinajstić information content (AvgIpc) is 2.92. The van der Waals surface area contributed by atoms with Crippen LogP contribution in [0.3, 0.4) is 0 Å². The van der Waals surface area contributed by atoms with Gasteiger partial charge in [0.15, 0.2) is 5.08 Å². The minimum atomic E-state index is -1.01. The van der Waals surface area contributed by atoms with Crippen LogP contribution in [0.15, 0.2) is 9.98 Å². The van der Waals surface area contributed by atoms with E-state index in [1.54, 1.807) is 58.8 Å². The second kappa shape index (κ2) is 35.9. The molecular formula is C18H35N3O5S12. The zero-order valence-corrected chi connectivity index (χ0v) is 30.5. The molecule has 0 heterocycles. The van der Waals surface area contributed by atoms with Gasteiger partial charge in [0, 0.05) is 58.3 Å². The fourth-order valence-corrected chi connectivity index (χ4v) is 13.6. The van der Waals surface area contributed by atoms with Crippen molar-refractivity contribution in [2.75, 3.05) is 83.0 Å². The zero-order valence-electron chi connectivity index (χ0n) is 20.7. The predicted molar refractivity (Wildman–Crippen MR) is 196 cm³/mol. The summed E-state index contributed by atoms with van der Waals surface area (Å²) in [4.78, 5) is 29.6. The molecule has 224 valence electrons. The van der Waals surface area contributed by atoms with Crippen molar-refractivity contribution in [2.45, 2.75) is 0 Å². The fraction of sp³-hybridized carbons (Fsp3) is 0.833. The first kappa shape index (κ1) is 40.7. The number of aliphatic hydroxyl groups excluding tert-OH is 1. The summed E-state index contributed by atoms with van der Waals surface area (Å²) < 4.78 is 11.5. The van der Waals surface area contributed by atoms with Crippen LogP contribution in [0.1, 0.15) is 0 Å². The average molecular weight is 758 g/mol. The molecule has 0 fully saturated rings. The number of nitrogens with one attached hydrogen (secondary N) is 1. The van der Waals surface area contributed by atoms with E-state index in [1.165, 1.54) is 23.7 Å². The van der Waals surface area contributed by atoms with Crippen LogP contribution in [0.25, 0.3) is 0 Å². The molecule has 1 atom stereocenters. The molecule has 0 saturated carbocycles. The second-order valence-electron chi connectivity index (χ2n) is 5.81. The van der Waals surface area contributed by atoms with Crippen LogP contribution < -0.4 is 5.32 Å². The van der Waals surface area contributed by atoms with Crippen LogP contribution in [0.4, 0.5) is 4.79 Å². The molecule has 0 aromatic heterocycles. The third kappa shape index (κ3) is 34.9. The number of nitrogens with zero attached hydrogens (tertiary/aromatic N) is 2. The molecule has 0 spiro atoms. The van der Waals surface area contributed by atoms with Gasteiger partial charge in [0.2, 0.25) is 11.9 Å². The van der Waals surface area contributed by atoms with Crippen LogP contribution in [0.2, 0.25) is 0 Å². The Morgan fingerprint density at radius 1 is 0.895 bits per heavy atom. The van der Waals surface area contributed by atoms with Gasteiger partial charge in [-0.05, 0) is 0 Å². The number of aliphatic hydroxyl groups is 1. The third-order valence-electron chi connectivity index (χ3n) is 2.96. The van der Waals surface area contributed by atoms with Gasteiger partial charge in [-0.15, -0.1) is 82.3 Å². The van der Waals surface area contributed by atoms with Gasteiger partial charge in [-0.2, -0.15) is 29.3 Å². The molecule has 1 unspecified atom stereocenters. The summed E-state index contributed by atoms with van der Waals surface area (Å²) in [7, 11) is 0. The number of aliphatic imine (C=N–C) groups is 2. The molecule has 0 bridgehead atoms. The van der Waals surface area contributed by atoms with Crippen LogP contribution in [-0.2, 0) is 21.0 Å². The van der Waals surface area contributed by atoms with E-state index < -0.39 is 11.2 Å². The molecule has 20 heteroatoms. The summed E-state index contributed by atoms with van der Waals surface area (Å²) in [5.41, 5.74) is 1.46. The summed E-state index contributed by atoms with van der Waals surface area (Å²) in [6, 6.07) is 0. The summed E-state index contributed by atoms with van der Waals surface area (Å²) in [5.74, 6) is 3.13. The molecule has 0 radical (unpaired) electrons. The third-order valence-corrected chi connectivity index (χ3v) is 16.3. The zero-order chi connectivity index (χ0) is 27.8. The van der Waals surface area contributed by atoms with Crippen molar-refractivity contribution in [3.63, 3.8) is 0 Å². The lowest BCUT2D eigenvalue weighted by Gasteiger charge is -2.05. The predicted octanol–water partition coefficient (Wildman–Crippen LogP) is 6.24. The topological polar surface area (TPSA) is 116 Å². The minimum absolute atomic E-state index is 0.0292. The van der Waals surface area contributed by atoms with E-state index in [1.807, 2.05) is 47.0 Å². The van der Waals surface area contributed by atoms with Crippen LogP contribution in [0, 0.1) is 0 Å². The Hall–Kier alpha value is 2.69. The van der Waals surface area contributed by atoms with Gasteiger partial charge in [-0.1, -0.05) is 23.5 Å². The Morgan fingerprint density at radius 2 is 1.55 bits per heavy atom. The lowest BCUT2D eigenvalue weighted by atomic mass is 10.9. The lowest BCUT2D eigenvalue weighted by molar-refractivity contribution is -0.210. The Kier molecular flexibility index (Phi) is 38.4. The number of thiol groups is 1.